The summed E-state index contributed by atoms with van der Waals surface area (Å²) in [4.78, 5) is 11.5. The predicted molar refractivity (Wildman–Crippen MR) is 74.4 cm³/mol. The summed E-state index contributed by atoms with van der Waals surface area (Å²) in [5.41, 5.74) is -0.834. The summed E-state index contributed by atoms with van der Waals surface area (Å²) in [6.07, 6.45) is -4.67. The molecule has 21 heavy (non-hydrogen) atoms. The van der Waals surface area contributed by atoms with Crippen LogP contribution in [0, 0.1) is 0 Å². The monoisotopic (exact) mass is 312 g/mol. The van der Waals surface area contributed by atoms with Crippen molar-refractivity contribution in [3.63, 3.8) is 0 Å². The third kappa shape index (κ3) is 4.01. The van der Waals surface area contributed by atoms with Crippen molar-refractivity contribution in [3.05, 3.63) is 65.2 Å². The van der Waals surface area contributed by atoms with Crippen molar-refractivity contribution >= 4 is 17.7 Å². The summed E-state index contributed by atoms with van der Waals surface area (Å²) >= 11 is 1.29. The van der Waals surface area contributed by atoms with Crippen molar-refractivity contribution in [1.29, 1.82) is 0 Å². The van der Waals surface area contributed by atoms with E-state index in [1.807, 2.05) is 30.3 Å². The molecule has 0 fully saturated rings. The molecule has 0 saturated heterocycles. The lowest BCUT2D eigenvalue weighted by Gasteiger charge is -2.11. The Morgan fingerprint density at radius 1 is 1.10 bits per heavy atom. The molecule has 0 heterocycles. The zero-order valence-electron chi connectivity index (χ0n) is 10.7. The summed E-state index contributed by atoms with van der Waals surface area (Å²) in [6.45, 7) is 0. The zero-order chi connectivity index (χ0) is 15.5. The maximum Gasteiger partial charge on any atom is 0.417 e. The van der Waals surface area contributed by atoms with Gasteiger partial charge >= 0.3 is 12.1 Å². The lowest BCUT2D eigenvalue weighted by Crippen LogP contribution is -2.12. The Bertz CT molecular complexity index is 639. The molecule has 0 amide bonds. The molecule has 0 radical (unpaired) electrons. The van der Waals surface area contributed by atoms with E-state index in [-0.39, 0.29) is 0 Å². The molecule has 0 aliphatic rings. The second-order valence-electron chi connectivity index (χ2n) is 4.28. The first kappa shape index (κ1) is 15.4. The van der Waals surface area contributed by atoms with Gasteiger partial charge in [-0.3, -0.25) is 0 Å². The zero-order valence-corrected chi connectivity index (χ0v) is 11.5. The van der Waals surface area contributed by atoms with Gasteiger partial charge in [0.05, 0.1) is 11.1 Å². The molecule has 2 aromatic rings. The van der Waals surface area contributed by atoms with E-state index in [1.165, 1.54) is 17.8 Å². The topological polar surface area (TPSA) is 37.3 Å². The normalized spacial score (nSPS) is 11.4. The van der Waals surface area contributed by atoms with Crippen LogP contribution < -0.4 is 0 Å². The summed E-state index contributed by atoms with van der Waals surface area (Å²) < 4.78 is 38.2. The summed E-state index contributed by atoms with van der Waals surface area (Å²) in [5, 5.41) is 8.93. The molecule has 1 N–H and O–H groups in total. The highest BCUT2D eigenvalue weighted by Gasteiger charge is 2.35. The first-order valence-corrected chi connectivity index (χ1v) is 6.98. The highest BCUT2D eigenvalue weighted by Crippen LogP contribution is 2.34. The van der Waals surface area contributed by atoms with Gasteiger partial charge in [-0.05, 0) is 23.8 Å². The second kappa shape index (κ2) is 6.22. The second-order valence-corrected chi connectivity index (χ2v) is 5.33. The number of rotatable bonds is 4. The van der Waals surface area contributed by atoms with E-state index < -0.39 is 23.3 Å². The number of aromatic carboxylic acids is 1. The number of hydrogen-bond donors (Lipinski definition) is 1. The van der Waals surface area contributed by atoms with Gasteiger partial charge in [0.1, 0.15) is 0 Å². The Kier molecular flexibility index (Phi) is 4.57. The number of carbonyl (C=O) groups is 1. The molecule has 0 aromatic heterocycles. The van der Waals surface area contributed by atoms with Crippen molar-refractivity contribution < 1.29 is 23.1 Å². The number of hydrogen-bond acceptors (Lipinski definition) is 2. The maximum absolute atomic E-state index is 12.7. The number of thioether (sulfide) groups is 1. The molecular weight excluding hydrogens is 301 g/mol. The van der Waals surface area contributed by atoms with Crippen LogP contribution in [0.2, 0.25) is 0 Å². The number of carboxylic acids is 1. The van der Waals surface area contributed by atoms with Gasteiger partial charge in [0.2, 0.25) is 0 Å². The fraction of sp³-hybridized carbons (Fsp3) is 0.133. The summed E-state index contributed by atoms with van der Waals surface area (Å²) in [5.74, 6) is -1.02. The highest BCUT2D eigenvalue weighted by atomic mass is 32.2. The Balaban J connectivity index is 2.22. The van der Waals surface area contributed by atoms with Gasteiger partial charge in [-0.25, -0.2) is 4.79 Å². The van der Waals surface area contributed by atoms with Crippen LogP contribution in [0.4, 0.5) is 13.2 Å². The third-order valence-electron chi connectivity index (χ3n) is 2.78. The van der Waals surface area contributed by atoms with Crippen LogP contribution in [0.3, 0.4) is 0 Å². The first-order valence-electron chi connectivity index (χ1n) is 5.99. The maximum atomic E-state index is 12.7. The van der Waals surface area contributed by atoms with Crippen LogP contribution in [-0.2, 0) is 11.9 Å². The Morgan fingerprint density at radius 3 is 2.33 bits per heavy atom. The van der Waals surface area contributed by atoms with E-state index in [1.54, 1.807) is 0 Å². The lowest BCUT2D eigenvalue weighted by atomic mass is 10.1. The summed E-state index contributed by atoms with van der Waals surface area (Å²) in [7, 11) is 0. The van der Waals surface area contributed by atoms with E-state index in [0.29, 0.717) is 10.6 Å². The van der Waals surface area contributed by atoms with Crippen LogP contribution in [0.25, 0.3) is 0 Å². The van der Waals surface area contributed by atoms with Crippen LogP contribution in [0.1, 0.15) is 21.5 Å². The quantitative estimate of drug-likeness (QED) is 0.832. The van der Waals surface area contributed by atoms with Crippen LogP contribution in [0.5, 0.6) is 0 Å². The van der Waals surface area contributed by atoms with Gasteiger partial charge in [0, 0.05) is 10.6 Å². The molecule has 0 saturated carbocycles. The molecule has 0 spiro atoms. The molecular formula is C15H11F3O2S. The van der Waals surface area contributed by atoms with Crippen molar-refractivity contribution in [2.45, 2.75) is 16.8 Å². The van der Waals surface area contributed by atoms with E-state index in [9.17, 15) is 18.0 Å². The van der Waals surface area contributed by atoms with Gasteiger partial charge < -0.3 is 5.11 Å². The average Bonchev–Trinajstić information content (AvgIpc) is 2.45. The van der Waals surface area contributed by atoms with Crippen molar-refractivity contribution in [3.8, 4) is 0 Å². The molecule has 2 rings (SSSR count). The third-order valence-corrected chi connectivity index (χ3v) is 3.84. The standard InChI is InChI=1S/C15H11F3O2S/c16-15(17,18)13-7-6-11(8-12(13)14(19)20)21-9-10-4-2-1-3-5-10/h1-8H,9H2,(H,19,20). The van der Waals surface area contributed by atoms with Crippen molar-refractivity contribution in [1.82, 2.24) is 0 Å². The van der Waals surface area contributed by atoms with Gasteiger partial charge in [0.25, 0.3) is 0 Å². The van der Waals surface area contributed by atoms with Crippen LogP contribution in [0.15, 0.2) is 53.4 Å². The Labute approximate surface area is 123 Å². The molecule has 2 nitrogen and oxygen atoms in total. The molecule has 2 aromatic carbocycles. The van der Waals surface area contributed by atoms with Gasteiger partial charge in [-0.2, -0.15) is 13.2 Å². The minimum Gasteiger partial charge on any atom is -0.478 e. The van der Waals surface area contributed by atoms with Crippen LogP contribution >= 0.6 is 11.8 Å². The van der Waals surface area contributed by atoms with E-state index in [2.05, 4.69) is 0 Å². The smallest absolute Gasteiger partial charge is 0.417 e. The fourth-order valence-electron chi connectivity index (χ4n) is 1.78. The van der Waals surface area contributed by atoms with Gasteiger partial charge in [0.15, 0.2) is 0 Å². The van der Waals surface area contributed by atoms with Gasteiger partial charge in [-0.15, -0.1) is 11.8 Å². The number of benzene rings is 2. The molecule has 0 unspecified atom stereocenters. The van der Waals surface area contributed by atoms with Crippen LogP contribution in [-0.4, -0.2) is 11.1 Å². The number of halogens is 3. The molecule has 110 valence electrons. The lowest BCUT2D eigenvalue weighted by molar-refractivity contribution is -0.138. The molecule has 0 bridgehead atoms. The Morgan fingerprint density at radius 2 is 1.76 bits per heavy atom. The van der Waals surface area contributed by atoms with Gasteiger partial charge in [-0.1, -0.05) is 30.3 Å². The largest absolute Gasteiger partial charge is 0.478 e. The highest BCUT2D eigenvalue weighted by molar-refractivity contribution is 7.98. The fourth-order valence-corrected chi connectivity index (χ4v) is 2.67. The minimum atomic E-state index is -4.67. The SMILES string of the molecule is O=C(O)c1cc(SCc2ccccc2)ccc1C(F)(F)F. The summed E-state index contributed by atoms with van der Waals surface area (Å²) in [6, 6.07) is 12.6. The number of alkyl halides is 3. The van der Waals surface area contributed by atoms with E-state index in [4.69, 9.17) is 5.11 Å². The van der Waals surface area contributed by atoms with E-state index >= 15 is 0 Å². The van der Waals surface area contributed by atoms with Crippen molar-refractivity contribution in [2.24, 2.45) is 0 Å². The van der Waals surface area contributed by atoms with Crippen molar-refractivity contribution in [2.75, 3.05) is 0 Å². The predicted octanol–water partition coefficient (Wildman–Crippen LogP) is 4.70. The molecule has 0 aliphatic heterocycles. The van der Waals surface area contributed by atoms with E-state index in [0.717, 1.165) is 17.7 Å². The molecule has 6 heteroatoms. The average molecular weight is 312 g/mol. The molecule has 0 atom stereocenters. The minimum absolute atomic E-state index is 0.490. The first-order chi connectivity index (χ1) is 9.88. The Hall–Kier alpha value is -1.95. The number of carboxylic acid groups (broad SMARTS) is 1. The molecule has 0 aliphatic carbocycles.